The molecule has 0 aromatic carbocycles. The quantitative estimate of drug-likeness (QED) is 0.543. The van der Waals surface area contributed by atoms with E-state index < -0.39 is 0 Å². The Hall–Kier alpha value is -0.0400. The van der Waals surface area contributed by atoms with Gasteiger partial charge in [-0.15, -0.1) is 0 Å². The van der Waals surface area contributed by atoms with E-state index in [9.17, 15) is 0 Å². The predicted molar refractivity (Wildman–Crippen MR) is 40.9 cm³/mol. The van der Waals surface area contributed by atoms with Gasteiger partial charge in [-0.25, -0.2) is 0 Å². The van der Waals surface area contributed by atoms with Gasteiger partial charge < -0.3 is 4.74 Å². The van der Waals surface area contributed by atoms with E-state index in [1.54, 1.807) is 0 Å². The van der Waals surface area contributed by atoms with E-state index in [1.807, 2.05) is 0 Å². The molecule has 0 radical (unpaired) electrons. The summed E-state index contributed by atoms with van der Waals surface area (Å²) in [4.78, 5) is 0. The van der Waals surface area contributed by atoms with Crippen LogP contribution in [0.5, 0.6) is 0 Å². The summed E-state index contributed by atoms with van der Waals surface area (Å²) < 4.78 is 5.64. The topological polar surface area (TPSA) is 9.23 Å². The maximum atomic E-state index is 5.64. The van der Waals surface area contributed by atoms with E-state index in [-0.39, 0.29) is 0 Å². The minimum atomic E-state index is 0.655. The second-order valence-corrected chi connectivity index (χ2v) is 3.60. The first-order valence-corrected chi connectivity index (χ1v) is 4.58. The van der Waals surface area contributed by atoms with Crippen molar-refractivity contribution in [3.8, 4) is 0 Å². The molecule has 58 valence electrons. The maximum Gasteiger partial charge on any atom is 0.0604 e. The second kappa shape index (κ2) is 2.91. The van der Waals surface area contributed by atoms with Crippen LogP contribution in [-0.4, -0.2) is 12.7 Å². The summed E-state index contributed by atoms with van der Waals surface area (Å²) in [5, 5.41) is 0. The van der Waals surface area contributed by atoms with Crippen LogP contribution in [-0.2, 0) is 4.74 Å². The average molecular weight is 140 g/mol. The molecule has 1 heterocycles. The van der Waals surface area contributed by atoms with Gasteiger partial charge in [0.25, 0.3) is 0 Å². The smallest absolute Gasteiger partial charge is 0.0604 e. The lowest BCUT2D eigenvalue weighted by Gasteiger charge is -2.16. The van der Waals surface area contributed by atoms with Crippen molar-refractivity contribution in [2.75, 3.05) is 6.61 Å². The fourth-order valence-corrected chi connectivity index (χ4v) is 2.30. The van der Waals surface area contributed by atoms with Crippen LogP contribution in [0.25, 0.3) is 0 Å². The van der Waals surface area contributed by atoms with Gasteiger partial charge in [0.15, 0.2) is 0 Å². The lowest BCUT2D eigenvalue weighted by molar-refractivity contribution is 0.0654. The van der Waals surface area contributed by atoms with Gasteiger partial charge in [0.2, 0.25) is 0 Å². The molecule has 2 fully saturated rings. The molecule has 10 heavy (non-hydrogen) atoms. The number of ether oxygens (including phenoxy) is 1. The van der Waals surface area contributed by atoms with Crippen molar-refractivity contribution >= 4 is 0 Å². The molecule has 1 nitrogen and oxygen atoms in total. The fourth-order valence-electron chi connectivity index (χ4n) is 2.30. The van der Waals surface area contributed by atoms with Crippen molar-refractivity contribution in [2.24, 2.45) is 5.92 Å². The third-order valence-corrected chi connectivity index (χ3v) is 2.89. The van der Waals surface area contributed by atoms with E-state index in [0.29, 0.717) is 6.10 Å². The Labute approximate surface area is 62.8 Å². The fraction of sp³-hybridized carbons (Fsp3) is 1.00. The molecule has 1 aliphatic heterocycles. The molecular formula is C9H16O. The summed E-state index contributed by atoms with van der Waals surface area (Å²) in [7, 11) is 0. The van der Waals surface area contributed by atoms with Gasteiger partial charge in [-0.2, -0.15) is 0 Å². The van der Waals surface area contributed by atoms with Crippen molar-refractivity contribution in [2.45, 2.75) is 44.6 Å². The highest BCUT2D eigenvalue weighted by Gasteiger charge is 2.27. The molecule has 1 aliphatic carbocycles. The average Bonchev–Trinajstić information content (AvgIpc) is 2.59. The highest BCUT2D eigenvalue weighted by molar-refractivity contribution is 4.78. The van der Waals surface area contributed by atoms with Gasteiger partial charge in [-0.1, -0.05) is 12.8 Å². The molecule has 0 N–H and O–H groups in total. The first kappa shape index (κ1) is 6.66. The minimum absolute atomic E-state index is 0.655. The molecule has 0 aromatic heterocycles. The lowest BCUT2D eigenvalue weighted by atomic mass is 9.99. The summed E-state index contributed by atoms with van der Waals surface area (Å²) in [6, 6.07) is 0. The summed E-state index contributed by atoms with van der Waals surface area (Å²) in [6.45, 7) is 1.03. The minimum Gasteiger partial charge on any atom is -0.378 e. The van der Waals surface area contributed by atoms with Crippen molar-refractivity contribution in [3.05, 3.63) is 0 Å². The Kier molecular flexibility index (Phi) is 1.94. The molecule has 1 heteroatoms. The van der Waals surface area contributed by atoms with E-state index in [0.717, 1.165) is 12.5 Å². The lowest BCUT2D eigenvalue weighted by Crippen LogP contribution is -2.15. The SMILES string of the molecule is C1CCC([C@@H]2CCCO2)C1. The van der Waals surface area contributed by atoms with Crippen molar-refractivity contribution < 1.29 is 4.74 Å². The Morgan fingerprint density at radius 1 is 0.900 bits per heavy atom. The molecule has 2 aliphatic rings. The monoisotopic (exact) mass is 140 g/mol. The standard InChI is InChI=1S/C9H16O/c1-2-5-8(4-1)9-6-3-7-10-9/h8-9H,1-7H2/t9-/m0/s1. The van der Waals surface area contributed by atoms with Crippen molar-refractivity contribution in [1.29, 1.82) is 0 Å². The number of rotatable bonds is 1. The predicted octanol–water partition coefficient (Wildman–Crippen LogP) is 2.36. The number of hydrogen-bond acceptors (Lipinski definition) is 1. The maximum absolute atomic E-state index is 5.64. The molecule has 0 amide bonds. The Bertz CT molecular complexity index is 85.3. The van der Waals surface area contributed by atoms with Crippen molar-refractivity contribution in [1.82, 2.24) is 0 Å². The van der Waals surface area contributed by atoms with Gasteiger partial charge >= 0.3 is 0 Å². The third-order valence-electron chi connectivity index (χ3n) is 2.89. The summed E-state index contributed by atoms with van der Waals surface area (Å²) in [5.74, 6) is 0.933. The first-order valence-electron chi connectivity index (χ1n) is 4.58. The second-order valence-electron chi connectivity index (χ2n) is 3.60. The van der Waals surface area contributed by atoms with Crippen LogP contribution in [0.15, 0.2) is 0 Å². The highest BCUT2D eigenvalue weighted by atomic mass is 16.5. The van der Waals surface area contributed by atoms with Crippen LogP contribution < -0.4 is 0 Å². The molecule has 0 aromatic rings. The molecular weight excluding hydrogens is 124 g/mol. The van der Waals surface area contributed by atoms with Crippen LogP contribution in [0, 0.1) is 5.92 Å². The molecule has 1 saturated carbocycles. The van der Waals surface area contributed by atoms with Gasteiger partial charge in [-0.05, 0) is 31.6 Å². The zero-order valence-electron chi connectivity index (χ0n) is 6.51. The van der Waals surface area contributed by atoms with Crippen LogP contribution in [0.1, 0.15) is 38.5 Å². The molecule has 2 rings (SSSR count). The summed E-state index contributed by atoms with van der Waals surface area (Å²) in [6.07, 6.45) is 9.07. The Morgan fingerprint density at radius 3 is 2.30 bits per heavy atom. The Balaban J connectivity index is 1.85. The molecule has 0 spiro atoms. The Morgan fingerprint density at radius 2 is 1.70 bits per heavy atom. The molecule has 0 bridgehead atoms. The van der Waals surface area contributed by atoms with Crippen LogP contribution in [0.3, 0.4) is 0 Å². The van der Waals surface area contributed by atoms with Crippen LogP contribution in [0.2, 0.25) is 0 Å². The van der Waals surface area contributed by atoms with Crippen LogP contribution in [0.4, 0.5) is 0 Å². The van der Waals surface area contributed by atoms with E-state index in [1.165, 1.54) is 38.5 Å². The first-order chi connectivity index (χ1) is 4.97. The largest absolute Gasteiger partial charge is 0.378 e. The van der Waals surface area contributed by atoms with Gasteiger partial charge in [0.1, 0.15) is 0 Å². The van der Waals surface area contributed by atoms with E-state index >= 15 is 0 Å². The molecule has 0 unspecified atom stereocenters. The molecule has 1 saturated heterocycles. The van der Waals surface area contributed by atoms with E-state index in [4.69, 9.17) is 4.74 Å². The van der Waals surface area contributed by atoms with Gasteiger partial charge in [0.05, 0.1) is 6.10 Å². The summed E-state index contributed by atoms with van der Waals surface area (Å²) in [5.41, 5.74) is 0. The van der Waals surface area contributed by atoms with Crippen molar-refractivity contribution in [3.63, 3.8) is 0 Å². The van der Waals surface area contributed by atoms with Gasteiger partial charge in [0, 0.05) is 6.61 Å². The zero-order valence-corrected chi connectivity index (χ0v) is 6.51. The van der Waals surface area contributed by atoms with Gasteiger partial charge in [-0.3, -0.25) is 0 Å². The third kappa shape index (κ3) is 1.20. The number of hydrogen-bond donors (Lipinski definition) is 0. The normalized spacial score (nSPS) is 35.4. The van der Waals surface area contributed by atoms with E-state index in [2.05, 4.69) is 0 Å². The van der Waals surface area contributed by atoms with Crippen LogP contribution >= 0.6 is 0 Å². The summed E-state index contributed by atoms with van der Waals surface area (Å²) >= 11 is 0. The highest BCUT2D eigenvalue weighted by Crippen LogP contribution is 2.33. The zero-order chi connectivity index (χ0) is 6.81. The molecule has 1 atom stereocenters.